The molecule has 0 aromatic heterocycles. The molecule has 0 fully saturated rings. The molecule has 0 radical (unpaired) electrons. The fraction of sp³-hybridized carbons (Fsp3) is 0.429. The van der Waals surface area contributed by atoms with Gasteiger partial charge in [0.25, 0.3) is 0 Å². The van der Waals surface area contributed by atoms with Crippen LogP contribution in [0.25, 0.3) is 0 Å². The third-order valence-corrected chi connectivity index (χ3v) is 3.53. The largest absolute Gasteiger partial charge is 0.462 e. The minimum absolute atomic E-state index is 0.250. The molecule has 136 valence electrons. The van der Waals surface area contributed by atoms with Gasteiger partial charge in [-0.2, -0.15) is 0 Å². The lowest BCUT2D eigenvalue weighted by Gasteiger charge is -2.05. The second-order valence-electron chi connectivity index (χ2n) is 6.18. The molecule has 0 atom stereocenters. The minimum atomic E-state index is -0.401. The van der Waals surface area contributed by atoms with E-state index in [1.54, 1.807) is 24.3 Å². The van der Waals surface area contributed by atoms with Crippen LogP contribution in [0.5, 0.6) is 0 Å². The molecule has 1 aromatic carbocycles. The molecular weight excluding hydrogens is 316 g/mol. The third kappa shape index (κ3) is 8.34. The highest BCUT2D eigenvalue weighted by Gasteiger charge is 2.10. The van der Waals surface area contributed by atoms with E-state index in [0.717, 1.165) is 19.3 Å². The number of carbonyl (C=O) groups excluding carboxylic acids is 2. The maximum atomic E-state index is 12.0. The number of esters is 2. The number of carbonyl (C=O) groups is 2. The lowest BCUT2D eigenvalue weighted by atomic mass is 10.1. The Kier molecular flexibility index (Phi) is 9.30. The lowest BCUT2D eigenvalue weighted by molar-refractivity contribution is 0.0501. The third-order valence-electron chi connectivity index (χ3n) is 3.53. The first-order valence-corrected chi connectivity index (χ1v) is 8.67. The Morgan fingerprint density at radius 1 is 0.920 bits per heavy atom. The molecule has 4 nitrogen and oxygen atoms in total. The maximum Gasteiger partial charge on any atom is 0.338 e. The van der Waals surface area contributed by atoms with Gasteiger partial charge in [-0.3, -0.25) is 0 Å². The summed E-state index contributed by atoms with van der Waals surface area (Å²) in [5, 5.41) is 0. The normalized spacial score (nSPS) is 11.0. The highest BCUT2D eigenvalue weighted by atomic mass is 16.5. The van der Waals surface area contributed by atoms with Gasteiger partial charge in [-0.25, -0.2) is 9.59 Å². The molecule has 4 heteroatoms. The number of ether oxygens (including phenoxy) is 2. The van der Waals surface area contributed by atoms with Crippen LogP contribution < -0.4 is 0 Å². The molecule has 0 aliphatic carbocycles. The van der Waals surface area contributed by atoms with E-state index in [1.807, 2.05) is 19.9 Å². The summed E-state index contributed by atoms with van der Waals surface area (Å²) in [6.45, 7) is 8.76. The van der Waals surface area contributed by atoms with Crippen LogP contribution in [0.4, 0.5) is 0 Å². The molecule has 0 aliphatic heterocycles. The van der Waals surface area contributed by atoms with Crippen LogP contribution in [0, 0.1) is 0 Å². The van der Waals surface area contributed by atoms with Gasteiger partial charge in [0.2, 0.25) is 0 Å². The number of hydrogen-bond acceptors (Lipinski definition) is 4. The molecule has 0 N–H and O–H groups in total. The van der Waals surface area contributed by atoms with E-state index < -0.39 is 5.97 Å². The van der Waals surface area contributed by atoms with Crippen molar-refractivity contribution in [2.24, 2.45) is 0 Å². The van der Waals surface area contributed by atoms with Crippen molar-refractivity contribution >= 4 is 11.9 Å². The quantitative estimate of drug-likeness (QED) is 0.462. The molecule has 1 rings (SSSR count). The standard InChI is InChI=1S/C21H28O4/c1-5-14-24-20(22)18-9-11-19(12-10-18)21(23)25-15-13-17(4)8-6-7-16(2)3/h7,9-13H,5-6,8,14-15H2,1-4H3/b17-13+. The van der Waals surface area contributed by atoms with Crippen molar-refractivity contribution in [1.29, 1.82) is 0 Å². The molecule has 0 saturated heterocycles. The molecule has 25 heavy (non-hydrogen) atoms. The first-order valence-electron chi connectivity index (χ1n) is 8.67. The van der Waals surface area contributed by atoms with E-state index in [4.69, 9.17) is 9.47 Å². The predicted octanol–water partition coefficient (Wildman–Crippen LogP) is 5.10. The Balaban J connectivity index is 2.47. The highest BCUT2D eigenvalue weighted by molar-refractivity contribution is 5.93. The molecule has 0 unspecified atom stereocenters. The molecule has 0 amide bonds. The lowest BCUT2D eigenvalue weighted by Crippen LogP contribution is -2.08. The van der Waals surface area contributed by atoms with Gasteiger partial charge >= 0.3 is 11.9 Å². The monoisotopic (exact) mass is 344 g/mol. The second-order valence-corrected chi connectivity index (χ2v) is 6.18. The number of benzene rings is 1. The fourth-order valence-corrected chi connectivity index (χ4v) is 2.05. The van der Waals surface area contributed by atoms with Gasteiger partial charge in [-0.15, -0.1) is 0 Å². The van der Waals surface area contributed by atoms with Crippen LogP contribution >= 0.6 is 0 Å². The molecule has 0 spiro atoms. The summed E-state index contributed by atoms with van der Waals surface area (Å²) in [6.07, 6.45) is 6.84. The van der Waals surface area contributed by atoms with Gasteiger partial charge in [0.15, 0.2) is 0 Å². The molecule has 0 saturated carbocycles. The maximum absolute atomic E-state index is 12.0. The van der Waals surface area contributed by atoms with Crippen molar-refractivity contribution in [3.05, 3.63) is 58.7 Å². The smallest absolute Gasteiger partial charge is 0.338 e. The topological polar surface area (TPSA) is 52.6 Å². The van der Waals surface area contributed by atoms with Gasteiger partial charge in [-0.05, 0) is 70.4 Å². The van der Waals surface area contributed by atoms with Crippen LogP contribution in [0.1, 0.15) is 67.7 Å². The fourth-order valence-electron chi connectivity index (χ4n) is 2.05. The van der Waals surface area contributed by atoms with Gasteiger partial charge in [-0.1, -0.05) is 24.1 Å². The Morgan fingerprint density at radius 2 is 1.48 bits per heavy atom. The number of allylic oxidation sites excluding steroid dienone is 3. The van der Waals surface area contributed by atoms with Crippen LogP contribution in [0.2, 0.25) is 0 Å². The molecule has 0 bridgehead atoms. The van der Waals surface area contributed by atoms with Gasteiger partial charge in [0.1, 0.15) is 6.61 Å². The van der Waals surface area contributed by atoms with Crippen molar-refractivity contribution in [3.63, 3.8) is 0 Å². The first kappa shape index (κ1) is 20.7. The number of rotatable bonds is 9. The average Bonchev–Trinajstić information content (AvgIpc) is 2.59. The molecule has 1 aromatic rings. The van der Waals surface area contributed by atoms with Gasteiger partial charge in [0, 0.05) is 0 Å². The summed E-state index contributed by atoms with van der Waals surface area (Å²) in [5.41, 5.74) is 3.35. The predicted molar refractivity (Wildman–Crippen MR) is 99.7 cm³/mol. The van der Waals surface area contributed by atoms with E-state index in [1.165, 1.54) is 11.1 Å². The van der Waals surface area contributed by atoms with Crippen LogP contribution in [0.15, 0.2) is 47.6 Å². The van der Waals surface area contributed by atoms with E-state index in [2.05, 4.69) is 19.9 Å². The second kappa shape index (κ2) is 11.2. The number of hydrogen-bond donors (Lipinski definition) is 0. The van der Waals surface area contributed by atoms with Crippen molar-refractivity contribution in [2.45, 2.75) is 47.0 Å². The summed E-state index contributed by atoms with van der Waals surface area (Å²) in [7, 11) is 0. The van der Waals surface area contributed by atoms with Crippen molar-refractivity contribution in [2.75, 3.05) is 13.2 Å². The molecule has 0 aliphatic rings. The zero-order valence-electron chi connectivity index (χ0n) is 15.6. The Bertz CT molecular complexity index is 620. The summed E-state index contributed by atoms with van der Waals surface area (Å²) < 4.78 is 10.3. The van der Waals surface area contributed by atoms with Crippen LogP contribution in [0.3, 0.4) is 0 Å². The molecular formula is C21H28O4. The summed E-state index contributed by atoms with van der Waals surface area (Å²) in [5.74, 6) is -0.779. The van der Waals surface area contributed by atoms with Crippen molar-refractivity contribution in [1.82, 2.24) is 0 Å². The SMILES string of the molecule is CCCOC(=O)c1ccc(C(=O)OC/C=C(\C)CCC=C(C)C)cc1. The van der Waals surface area contributed by atoms with Crippen molar-refractivity contribution in [3.8, 4) is 0 Å². The van der Waals surface area contributed by atoms with E-state index >= 15 is 0 Å². The molecule has 0 heterocycles. The van der Waals surface area contributed by atoms with Crippen LogP contribution in [-0.2, 0) is 9.47 Å². The summed E-state index contributed by atoms with van der Waals surface area (Å²) in [6, 6.07) is 6.32. The average molecular weight is 344 g/mol. The highest BCUT2D eigenvalue weighted by Crippen LogP contribution is 2.09. The Labute approximate surface area is 150 Å². The van der Waals surface area contributed by atoms with Crippen molar-refractivity contribution < 1.29 is 19.1 Å². The summed E-state index contributed by atoms with van der Waals surface area (Å²) >= 11 is 0. The van der Waals surface area contributed by atoms with Gasteiger partial charge < -0.3 is 9.47 Å². The Hall–Kier alpha value is -2.36. The van der Waals surface area contributed by atoms with E-state index in [0.29, 0.717) is 17.7 Å². The zero-order valence-corrected chi connectivity index (χ0v) is 15.6. The van der Waals surface area contributed by atoms with E-state index in [9.17, 15) is 9.59 Å². The van der Waals surface area contributed by atoms with Crippen LogP contribution in [-0.4, -0.2) is 25.2 Å². The Morgan fingerprint density at radius 3 is 2.00 bits per heavy atom. The van der Waals surface area contributed by atoms with E-state index in [-0.39, 0.29) is 12.6 Å². The zero-order chi connectivity index (χ0) is 18.7. The minimum Gasteiger partial charge on any atom is -0.462 e. The summed E-state index contributed by atoms with van der Waals surface area (Å²) in [4.78, 5) is 23.7. The van der Waals surface area contributed by atoms with Gasteiger partial charge in [0.05, 0.1) is 17.7 Å². The first-order chi connectivity index (χ1) is 11.9.